The fourth-order valence-electron chi connectivity index (χ4n) is 1.43. The van der Waals surface area contributed by atoms with E-state index in [0.717, 1.165) is 12.8 Å². The number of nitrogens with two attached hydrogens (primary N) is 1. The minimum absolute atomic E-state index is 0.0790. The first-order valence-electron chi connectivity index (χ1n) is 5.45. The van der Waals surface area contributed by atoms with Gasteiger partial charge in [-0.1, -0.05) is 20.3 Å². The van der Waals surface area contributed by atoms with Crippen LogP contribution in [-0.2, 0) is 6.54 Å². The maximum absolute atomic E-state index is 11.6. The summed E-state index contributed by atoms with van der Waals surface area (Å²) in [4.78, 5) is 11.6. The molecule has 1 aromatic rings. The van der Waals surface area contributed by atoms with Crippen LogP contribution in [-0.4, -0.2) is 5.78 Å². The van der Waals surface area contributed by atoms with Crippen LogP contribution < -0.4 is 5.73 Å². The third-order valence-corrected chi connectivity index (χ3v) is 2.32. The van der Waals surface area contributed by atoms with E-state index < -0.39 is 0 Å². The third kappa shape index (κ3) is 3.88. The Kier molecular flexibility index (Phi) is 4.56. The zero-order valence-corrected chi connectivity index (χ0v) is 9.45. The standard InChI is InChI=1S/C12H19NO2/c1-9(2)4-3-5-11(14)12-7-6-10(8-13)15-12/h6-7,9H,3-5,8,13H2,1-2H3. The van der Waals surface area contributed by atoms with E-state index in [1.165, 1.54) is 0 Å². The highest BCUT2D eigenvalue weighted by Crippen LogP contribution is 2.13. The SMILES string of the molecule is CC(C)CCCC(=O)c1ccc(CN)o1. The molecule has 0 aliphatic carbocycles. The molecule has 84 valence electrons. The molecule has 0 spiro atoms. The summed E-state index contributed by atoms with van der Waals surface area (Å²) in [5.74, 6) is 1.84. The Labute approximate surface area is 90.6 Å². The minimum Gasteiger partial charge on any atom is -0.457 e. The van der Waals surface area contributed by atoms with Gasteiger partial charge in [0, 0.05) is 6.42 Å². The topological polar surface area (TPSA) is 56.2 Å². The summed E-state index contributed by atoms with van der Waals surface area (Å²) in [5.41, 5.74) is 5.40. The fourth-order valence-corrected chi connectivity index (χ4v) is 1.43. The molecule has 0 atom stereocenters. The lowest BCUT2D eigenvalue weighted by molar-refractivity contribution is 0.0949. The van der Waals surface area contributed by atoms with Gasteiger partial charge in [-0.15, -0.1) is 0 Å². The Morgan fingerprint density at radius 3 is 2.73 bits per heavy atom. The van der Waals surface area contributed by atoms with Crippen molar-refractivity contribution in [3.8, 4) is 0 Å². The molecule has 1 rings (SSSR count). The molecule has 0 saturated carbocycles. The molecule has 0 fully saturated rings. The van der Waals surface area contributed by atoms with E-state index >= 15 is 0 Å². The minimum atomic E-state index is 0.0790. The van der Waals surface area contributed by atoms with E-state index in [-0.39, 0.29) is 5.78 Å². The molecule has 3 nitrogen and oxygen atoms in total. The van der Waals surface area contributed by atoms with Gasteiger partial charge in [-0.3, -0.25) is 4.79 Å². The second-order valence-corrected chi connectivity index (χ2v) is 4.18. The lowest BCUT2D eigenvalue weighted by atomic mass is 10.0. The second-order valence-electron chi connectivity index (χ2n) is 4.18. The average molecular weight is 209 g/mol. The molecule has 0 bridgehead atoms. The second kappa shape index (κ2) is 5.71. The van der Waals surface area contributed by atoms with Crippen LogP contribution >= 0.6 is 0 Å². The van der Waals surface area contributed by atoms with Crippen LogP contribution in [0.5, 0.6) is 0 Å². The van der Waals surface area contributed by atoms with Crippen LogP contribution in [0.2, 0.25) is 0 Å². The van der Waals surface area contributed by atoms with Gasteiger partial charge in [-0.2, -0.15) is 0 Å². The van der Waals surface area contributed by atoms with E-state index in [1.807, 2.05) is 0 Å². The largest absolute Gasteiger partial charge is 0.457 e. The Hall–Kier alpha value is -1.09. The highest BCUT2D eigenvalue weighted by molar-refractivity contribution is 5.93. The number of carbonyl (C=O) groups excluding carboxylic acids is 1. The predicted molar refractivity (Wildman–Crippen MR) is 59.6 cm³/mol. The van der Waals surface area contributed by atoms with E-state index in [2.05, 4.69) is 13.8 Å². The van der Waals surface area contributed by atoms with Gasteiger partial charge < -0.3 is 10.2 Å². The van der Waals surface area contributed by atoms with Gasteiger partial charge in [-0.05, 0) is 24.5 Å². The van der Waals surface area contributed by atoms with Crippen molar-refractivity contribution in [2.24, 2.45) is 11.7 Å². The summed E-state index contributed by atoms with van der Waals surface area (Å²) in [6.07, 6.45) is 2.57. The van der Waals surface area contributed by atoms with Crippen molar-refractivity contribution in [2.75, 3.05) is 0 Å². The van der Waals surface area contributed by atoms with Crippen LogP contribution in [0.15, 0.2) is 16.5 Å². The molecule has 0 amide bonds. The van der Waals surface area contributed by atoms with Crippen LogP contribution in [0, 0.1) is 5.92 Å². The third-order valence-electron chi connectivity index (χ3n) is 2.32. The summed E-state index contributed by atoms with van der Waals surface area (Å²) < 4.78 is 5.28. The number of rotatable bonds is 6. The first-order valence-corrected chi connectivity index (χ1v) is 5.45. The molecule has 0 aliphatic heterocycles. The van der Waals surface area contributed by atoms with Crippen molar-refractivity contribution >= 4 is 5.78 Å². The van der Waals surface area contributed by atoms with E-state index in [9.17, 15) is 4.79 Å². The Morgan fingerprint density at radius 1 is 1.47 bits per heavy atom. The lowest BCUT2D eigenvalue weighted by Crippen LogP contribution is -1.99. The van der Waals surface area contributed by atoms with Crippen molar-refractivity contribution in [1.29, 1.82) is 0 Å². The van der Waals surface area contributed by atoms with Crippen molar-refractivity contribution in [3.05, 3.63) is 23.7 Å². The first kappa shape index (κ1) is 12.0. The van der Waals surface area contributed by atoms with Gasteiger partial charge >= 0.3 is 0 Å². The summed E-state index contributed by atoms with van der Waals surface area (Å²) >= 11 is 0. The number of carbonyl (C=O) groups is 1. The summed E-state index contributed by atoms with van der Waals surface area (Å²) in [6.45, 7) is 4.66. The zero-order chi connectivity index (χ0) is 11.3. The Balaban J connectivity index is 2.40. The molecular formula is C12H19NO2. The number of hydrogen-bond donors (Lipinski definition) is 1. The molecule has 1 heterocycles. The molecule has 0 aliphatic rings. The summed E-state index contributed by atoms with van der Waals surface area (Å²) in [5, 5.41) is 0. The van der Waals surface area contributed by atoms with Crippen LogP contribution in [0.25, 0.3) is 0 Å². The fraction of sp³-hybridized carbons (Fsp3) is 0.583. The quantitative estimate of drug-likeness (QED) is 0.733. The van der Waals surface area contributed by atoms with Crippen molar-refractivity contribution in [3.63, 3.8) is 0 Å². The van der Waals surface area contributed by atoms with Crippen molar-refractivity contribution in [1.82, 2.24) is 0 Å². The molecular weight excluding hydrogens is 190 g/mol. The number of ketones is 1. The van der Waals surface area contributed by atoms with Crippen LogP contribution in [0.1, 0.15) is 49.4 Å². The van der Waals surface area contributed by atoms with Gasteiger partial charge in [0.2, 0.25) is 0 Å². The van der Waals surface area contributed by atoms with Gasteiger partial charge in [0.25, 0.3) is 0 Å². The predicted octanol–water partition coefficient (Wildman–Crippen LogP) is 2.75. The lowest BCUT2D eigenvalue weighted by Gasteiger charge is -2.02. The molecule has 2 N–H and O–H groups in total. The maximum atomic E-state index is 11.6. The van der Waals surface area contributed by atoms with Crippen molar-refractivity contribution < 1.29 is 9.21 Å². The number of furan rings is 1. The monoisotopic (exact) mass is 209 g/mol. The number of hydrogen-bond acceptors (Lipinski definition) is 3. The summed E-state index contributed by atoms with van der Waals surface area (Å²) in [6, 6.07) is 3.47. The van der Waals surface area contributed by atoms with E-state index in [1.54, 1.807) is 12.1 Å². The highest BCUT2D eigenvalue weighted by atomic mass is 16.3. The van der Waals surface area contributed by atoms with Gasteiger partial charge in [0.05, 0.1) is 6.54 Å². The molecule has 0 aromatic carbocycles. The molecule has 0 saturated heterocycles. The first-order chi connectivity index (χ1) is 7.13. The average Bonchev–Trinajstić information content (AvgIpc) is 2.65. The molecule has 3 heteroatoms. The summed E-state index contributed by atoms with van der Waals surface area (Å²) in [7, 11) is 0. The maximum Gasteiger partial charge on any atom is 0.197 e. The van der Waals surface area contributed by atoms with Gasteiger partial charge in [0.1, 0.15) is 5.76 Å². The normalized spacial score (nSPS) is 10.9. The van der Waals surface area contributed by atoms with Crippen molar-refractivity contribution in [2.45, 2.75) is 39.7 Å². The smallest absolute Gasteiger partial charge is 0.197 e. The van der Waals surface area contributed by atoms with Crippen LogP contribution in [0.3, 0.4) is 0 Å². The molecule has 0 radical (unpaired) electrons. The van der Waals surface area contributed by atoms with Crippen LogP contribution in [0.4, 0.5) is 0 Å². The zero-order valence-electron chi connectivity index (χ0n) is 9.45. The molecule has 15 heavy (non-hydrogen) atoms. The van der Waals surface area contributed by atoms with E-state index in [4.69, 9.17) is 10.2 Å². The van der Waals surface area contributed by atoms with E-state index in [0.29, 0.717) is 30.4 Å². The van der Waals surface area contributed by atoms with Gasteiger partial charge in [0.15, 0.2) is 11.5 Å². The Bertz CT molecular complexity index is 315. The Morgan fingerprint density at radius 2 is 2.20 bits per heavy atom. The van der Waals surface area contributed by atoms with Gasteiger partial charge in [-0.25, -0.2) is 0 Å². The highest BCUT2D eigenvalue weighted by Gasteiger charge is 2.10. The molecule has 0 unspecified atom stereocenters. The number of Topliss-reactive ketones (excluding diaryl/α,β-unsaturated/α-hetero) is 1. The molecule has 1 aromatic heterocycles.